The minimum absolute atomic E-state index is 0.0708. The van der Waals surface area contributed by atoms with E-state index >= 15 is 0 Å². The Kier molecular flexibility index (Phi) is 8.83. The van der Waals surface area contributed by atoms with Crippen molar-refractivity contribution in [1.82, 2.24) is 5.32 Å². The topological polar surface area (TPSA) is 75.7 Å². The summed E-state index contributed by atoms with van der Waals surface area (Å²) in [6.45, 7) is 1.86. The van der Waals surface area contributed by atoms with Crippen LogP contribution in [0.4, 0.5) is 5.69 Å². The first-order valence-corrected chi connectivity index (χ1v) is 12.8. The monoisotopic (exact) mass is 520 g/mol. The van der Waals surface area contributed by atoms with Crippen molar-refractivity contribution in [1.29, 1.82) is 0 Å². The number of amides is 1. The molecule has 6 nitrogen and oxygen atoms in total. The molecule has 0 aliphatic rings. The molecule has 0 bridgehead atoms. The highest BCUT2D eigenvalue weighted by atomic mass is 35.5. The van der Waals surface area contributed by atoms with E-state index in [0.717, 1.165) is 27.6 Å². The second-order valence-electron chi connectivity index (χ2n) is 7.75. The van der Waals surface area contributed by atoms with Gasteiger partial charge in [-0.1, -0.05) is 53.0 Å². The van der Waals surface area contributed by atoms with Crippen LogP contribution >= 0.6 is 23.2 Å². The molecule has 3 aromatic carbocycles. The molecule has 3 aromatic rings. The number of halogens is 2. The van der Waals surface area contributed by atoms with Gasteiger partial charge in [0.1, 0.15) is 12.3 Å². The van der Waals surface area contributed by atoms with Crippen LogP contribution in [0.1, 0.15) is 17.5 Å². The van der Waals surface area contributed by atoms with Gasteiger partial charge in [0, 0.05) is 16.6 Å². The van der Waals surface area contributed by atoms with Gasteiger partial charge in [0.25, 0.3) is 10.0 Å². The molecule has 34 heavy (non-hydrogen) atoms. The Hall–Kier alpha value is -2.74. The number of benzene rings is 3. The maximum Gasteiger partial charge on any atom is 0.264 e. The molecule has 0 atom stereocenters. The molecule has 0 aliphatic carbocycles. The summed E-state index contributed by atoms with van der Waals surface area (Å²) >= 11 is 12.2. The van der Waals surface area contributed by atoms with Crippen LogP contribution < -0.4 is 14.4 Å². The van der Waals surface area contributed by atoms with Gasteiger partial charge in [-0.15, -0.1) is 0 Å². The van der Waals surface area contributed by atoms with Crippen molar-refractivity contribution in [2.24, 2.45) is 0 Å². The number of anilines is 1. The summed E-state index contributed by atoms with van der Waals surface area (Å²) in [5.41, 5.74) is 2.25. The van der Waals surface area contributed by atoms with E-state index in [-0.39, 0.29) is 20.6 Å². The molecule has 0 unspecified atom stereocenters. The number of ether oxygens (including phenoxy) is 1. The van der Waals surface area contributed by atoms with Crippen molar-refractivity contribution in [2.45, 2.75) is 24.7 Å². The minimum Gasteiger partial charge on any atom is -0.497 e. The number of aryl methyl sites for hydroxylation is 2. The molecule has 0 aromatic heterocycles. The molecular formula is C25H26Cl2N2O4S. The third-order valence-corrected chi connectivity index (χ3v) is 7.38. The molecule has 180 valence electrons. The van der Waals surface area contributed by atoms with Crippen LogP contribution in [-0.2, 0) is 21.2 Å². The van der Waals surface area contributed by atoms with E-state index < -0.39 is 22.5 Å². The summed E-state index contributed by atoms with van der Waals surface area (Å²) in [6, 6.07) is 18.6. The molecular weight excluding hydrogens is 495 g/mol. The Labute approximate surface area is 210 Å². The zero-order valence-electron chi connectivity index (χ0n) is 18.9. The van der Waals surface area contributed by atoms with Crippen LogP contribution in [-0.4, -0.2) is 34.5 Å². The molecule has 1 N–H and O–H groups in total. The van der Waals surface area contributed by atoms with E-state index in [4.69, 9.17) is 27.9 Å². The number of carbonyl (C=O) groups excluding carboxylic acids is 1. The van der Waals surface area contributed by atoms with Crippen molar-refractivity contribution in [3.8, 4) is 5.75 Å². The van der Waals surface area contributed by atoms with Crippen molar-refractivity contribution in [2.75, 3.05) is 24.5 Å². The highest BCUT2D eigenvalue weighted by Gasteiger charge is 2.27. The fourth-order valence-corrected chi connectivity index (χ4v) is 5.25. The average Bonchev–Trinajstić information content (AvgIpc) is 2.80. The number of hydrogen-bond acceptors (Lipinski definition) is 4. The molecule has 0 aliphatic heterocycles. The van der Waals surface area contributed by atoms with Crippen molar-refractivity contribution < 1.29 is 17.9 Å². The number of nitrogens with zero attached hydrogens (tertiary/aromatic N) is 1. The van der Waals surface area contributed by atoms with E-state index in [1.165, 1.54) is 30.3 Å². The standard InChI is InChI=1S/C25H26Cl2N2O4S/c1-18-5-11-24(12-6-18)34(31,32)29(22-15-20(26)14-21(27)16-22)17-25(30)28-13-3-4-19-7-9-23(33-2)10-8-19/h5-12,14-16H,3-4,13,17H2,1-2H3,(H,28,30). The summed E-state index contributed by atoms with van der Waals surface area (Å²) in [5, 5.41) is 3.34. The van der Waals surface area contributed by atoms with Gasteiger partial charge in [0.05, 0.1) is 17.7 Å². The zero-order chi connectivity index (χ0) is 24.7. The lowest BCUT2D eigenvalue weighted by Gasteiger charge is -2.24. The number of methoxy groups -OCH3 is 1. The molecule has 0 heterocycles. The average molecular weight is 521 g/mol. The van der Waals surface area contributed by atoms with Gasteiger partial charge in [-0.3, -0.25) is 9.10 Å². The van der Waals surface area contributed by atoms with Gasteiger partial charge in [-0.2, -0.15) is 0 Å². The van der Waals surface area contributed by atoms with E-state index in [0.29, 0.717) is 13.0 Å². The predicted octanol–water partition coefficient (Wildman–Crippen LogP) is 5.25. The fraction of sp³-hybridized carbons (Fsp3) is 0.240. The maximum atomic E-state index is 13.4. The molecule has 0 fully saturated rings. The zero-order valence-corrected chi connectivity index (χ0v) is 21.3. The summed E-state index contributed by atoms with van der Waals surface area (Å²) in [5.74, 6) is 0.356. The number of rotatable bonds is 10. The SMILES string of the molecule is COc1ccc(CCCNC(=O)CN(c2cc(Cl)cc(Cl)c2)S(=O)(=O)c2ccc(C)cc2)cc1. The number of sulfonamides is 1. The fourth-order valence-electron chi connectivity index (χ4n) is 3.33. The summed E-state index contributed by atoms with van der Waals surface area (Å²) in [7, 11) is -2.42. The van der Waals surface area contributed by atoms with Crippen molar-refractivity contribution >= 4 is 44.8 Å². The lowest BCUT2D eigenvalue weighted by Crippen LogP contribution is -2.41. The molecule has 0 spiro atoms. The van der Waals surface area contributed by atoms with Gasteiger partial charge in [-0.05, 0) is 67.8 Å². The first kappa shape index (κ1) is 25.9. The highest BCUT2D eigenvalue weighted by Crippen LogP contribution is 2.29. The number of hydrogen-bond donors (Lipinski definition) is 1. The van der Waals surface area contributed by atoms with Crippen molar-refractivity contribution in [3.05, 3.63) is 87.9 Å². The Balaban J connectivity index is 1.71. The van der Waals surface area contributed by atoms with Crippen LogP contribution in [0.15, 0.2) is 71.6 Å². The Morgan fingerprint density at radius 1 is 0.971 bits per heavy atom. The van der Waals surface area contributed by atoms with Gasteiger partial charge < -0.3 is 10.1 Å². The predicted molar refractivity (Wildman–Crippen MR) is 136 cm³/mol. The third kappa shape index (κ3) is 6.88. The van der Waals surface area contributed by atoms with Gasteiger partial charge in [0.15, 0.2) is 0 Å². The molecule has 0 radical (unpaired) electrons. The summed E-state index contributed by atoms with van der Waals surface area (Å²) in [6.07, 6.45) is 1.46. The minimum atomic E-state index is -4.04. The first-order chi connectivity index (χ1) is 16.2. The second kappa shape index (κ2) is 11.6. The van der Waals surface area contributed by atoms with Crippen LogP contribution in [0.5, 0.6) is 5.75 Å². The smallest absolute Gasteiger partial charge is 0.264 e. The van der Waals surface area contributed by atoms with E-state index in [1.807, 2.05) is 31.2 Å². The lowest BCUT2D eigenvalue weighted by atomic mass is 10.1. The van der Waals surface area contributed by atoms with Crippen LogP contribution in [0.2, 0.25) is 10.0 Å². The molecule has 3 rings (SSSR count). The van der Waals surface area contributed by atoms with Gasteiger partial charge in [-0.25, -0.2) is 8.42 Å². The van der Waals surface area contributed by atoms with Gasteiger partial charge in [0.2, 0.25) is 5.91 Å². The maximum absolute atomic E-state index is 13.4. The highest BCUT2D eigenvalue weighted by molar-refractivity contribution is 7.92. The molecule has 0 saturated carbocycles. The van der Waals surface area contributed by atoms with E-state index in [2.05, 4.69) is 5.32 Å². The second-order valence-corrected chi connectivity index (χ2v) is 10.5. The van der Waals surface area contributed by atoms with E-state index in [9.17, 15) is 13.2 Å². The van der Waals surface area contributed by atoms with Crippen LogP contribution in [0, 0.1) is 6.92 Å². The first-order valence-electron chi connectivity index (χ1n) is 10.6. The van der Waals surface area contributed by atoms with Crippen LogP contribution in [0.25, 0.3) is 0 Å². The quantitative estimate of drug-likeness (QED) is 0.370. The van der Waals surface area contributed by atoms with Crippen molar-refractivity contribution in [3.63, 3.8) is 0 Å². The van der Waals surface area contributed by atoms with Gasteiger partial charge >= 0.3 is 0 Å². The Bertz CT molecular complexity index is 1210. The number of carbonyl (C=O) groups is 1. The molecule has 1 amide bonds. The summed E-state index contributed by atoms with van der Waals surface area (Å²) < 4.78 is 33.0. The Morgan fingerprint density at radius 2 is 1.59 bits per heavy atom. The van der Waals surface area contributed by atoms with Crippen LogP contribution in [0.3, 0.4) is 0 Å². The number of nitrogens with one attached hydrogen (secondary N) is 1. The third-order valence-electron chi connectivity index (χ3n) is 5.15. The summed E-state index contributed by atoms with van der Waals surface area (Å²) in [4.78, 5) is 12.8. The Morgan fingerprint density at radius 3 is 2.18 bits per heavy atom. The normalized spacial score (nSPS) is 11.2. The molecule has 0 saturated heterocycles. The molecule has 9 heteroatoms. The lowest BCUT2D eigenvalue weighted by molar-refractivity contribution is -0.119. The van der Waals surface area contributed by atoms with E-state index in [1.54, 1.807) is 19.2 Å². The largest absolute Gasteiger partial charge is 0.497 e.